The van der Waals surface area contributed by atoms with Crippen molar-refractivity contribution in [3.63, 3.8) is 0 Å². The highest BCUT2D eigenvalue weighted by Gasteiger charge is 2.50. The Morgan fingerprint density at radius 1 is 1.26 bits per heavy atom. The van der Waals surface area contributed by atoms with Gasteiger partial charge in [-0.1, -0.05) is 51.1 Å². The molecule has 1 aliphatic rings. The van der Waals surface area contributed by atoms with Gasteiger partial charge in [0.15, 0.2) is 14.6 Å². The predicted octanol–water partition coefficient (Wildman–Crippen LogP) is 2.82. The fourth-order valence-electron chi connectivity index (χ4n) is 2.79. The van der Waals surface area contributed by atoms with Crippen LogP contribution in [0.2, 0.25) is 18.1 Å². The van der Waals surface area contributed by atoms with Crippen LogP contribution in [0.15, 0.2) is 30.3 Å². The van der Waals surface area contributed by atoms with E-state index in [9.17, 15) is 9.90 Å². The highest BCUT2D eigenvalue weighted by atomic mass is 28.4. The first kappa shape index (κ1) is 22.0. The van der Waals surface area contributed by atoms with Crippen molar-refractivity contribution in [1.29, 1.82) is 0 Å². The van der Waals surface area contributed by atoms with Crippen molar-refractivity contribution in [3.05, 3.63) is 35.9 Å². The largest absolute Gasteiger partial charge is 0.409 e. The molecule has 0 bridgehead atoms. The first-order chi connectivity index (χ1) is 12.5. The molecule has 1 heterocycles. The minimum absolute atomic E-state index is 0.00321. The van der Waals surface area contributed by atoms with Crippen LogP contribution in [0.5, 0.6) is 0 Å². The minimum atomic E-state index is -2.14. The van der Waals surface area contributed by atoms with Crippen LogP contribution in [0.3, 0.4) is 0 Å². The first-order valence-electron chi connectivity index (χ1n) is 9.41. The molecule has 0 saturated carbocycles. The molecule has 7 heteroatoms. The van der Waals surface area contributed by atoms with Crippen molar-refractivity contribution in [2.24, 2.45) is 0 Å². The number of aliphatic hydroxyl groups is 1. The van der Waals surface area contributed by atoms with Crippen LogP contribution in [0.4, 0.5) is 0 Å². The molecule has 1 fully saturated rings. The van der Waals surface area contributed by atoms with Gasteiger partial charge in [0.1, 0.15) is 12.1 Å². The topological polar surface area (TPSA) is 77.0 Å². The summed E-state index contributed by atoms with van der Waals surface area (Å²) < 4.78 is 18.0. The summed E-state index contributed by atoms with van der Waals surface area (Å²) in [7, 11) is -2.14. The number of amides is 1. The molecular formula is C20H33NO5Si. The molecule has 1 saturated heterocycles. The quantitative estimate of drug-likeness (QED) is 0.694. The molecular weight excluding hydrogens is 362 g/mol. The number of carbonyl (C=O) groups is 1. The summed E-state index contributed by atoms with van der Waals surface area (Å²) in [6, 6.07) is 9.26. The lowest BCUT2D eigenvalue weighted by atomic mass is 10.1. The van der Waals surface area contributed by atoms with Gasteiger partial charge in [-0.25, -0.2) is 0 Å². The molecule has 2 unspecified atom stereocenters. The van der Waals surface area contributed by atoms with E-state index in [0.29, 0.717) is 6.61 Å². The molecule has 1 aromatic rings. The fourth-order valence-corrected chi connectivity index (χ4v) is 4.12. The smallest absolute Gasteiger partial charge is 0.217 e. The average Bonchev–Trinajstić information content (AvgIpc) is 2.82. The lowest BCUT2D eigenvalue weighted by Crippen LogP contribution is -2.54. The molecule has 0 spiro atoms. The van der Waals surface area contributed by atoms with E-state index in [2.05, 4.69) is 39.2 Å². The molecule has 1 aromatic carbocycles. The number of hydrogen-bond donors (Lipinski definition) is 2. The number of ether oxygens (including phenoxy) is 2. The maximum atomic E-state index is 11.6. The Kier molecular flexibility index (Phi) is 7.21. The summed E-state index contributed by atoms with van der Waals surface area (Å²) in [5.41, 5.74) is 1.07. The first-order valence-corrected chi connectivity index (χ1v) is 12.3. The molecule has 152 valence electrons. The molecule has 0 aromatic heterocycles. The number of benzene rings is 1. The lowest BCUT2D eigenvalue weighted by Gasteiger charge is -2.40. The van der Waals surface area contributed by atoms with E-state index >= 15 is 0 Å². The summed E-state index contributed by atoms with van der Waals surface area (Å²) in [6.07, 6.45) is -2.02. The van der Waals surface area contributed by atoms with Gasteiger partial charge in [0.2, 0.25) is 5.91 Å². The molecule has 0 radical (unpaired) electrons. The molecule has 27 heavy (non-hydrogen) atoms. The van der Waals surface area contributed by atoms with Gasteiger partial charge in [-0.2, -0.15) is 0 Å². The van der Waals surface area contributed by atoms with E-state index < -0.39 is 32.9 Å². The maximum Gasteiger partial charge on any atom is 0.217 e. The third-order valence-corrected chi connectivity index (χ3v) is 9.82. The molecule has 2 N–H and O–H groups in total. The van der Waals surface area contributed by atoms with Crippen LogP contribution in [0.1, 0.15) is 33.3 Å². The van der Waals surface area contributed by atoms with Gasteiger partial charge in [-0.3, -0.25) is 4.79 Å². The van der Waals surface area contributed by atoms with Crippen molar-refractivity contribution in [1.82, 2.24) is 5.32 Å². The Hall–Kier alpha value is -1.25. The summed E-state index contributed by atoms with van der Waals surface area (Å²) in [5.74, 6) is -0.225. The fraction of sp³-hybridized carbons (Fsp3) is 0.650. The second kappa shape index (κ2) is 8.83. The van der Waals surface area contributed by atoms with Crippen LogP contribution in [0, 0.1) is 0 Å². The Morgan fingerprint density at radius 2 is 1.89 bits per heavy atom. The molecule has 6 nitrogen and oxygen atoms in total. The van der Waals surface area contributed by atoms with Crippen LogP contribution in [-0.2, 0) is 25.3 Å². The highest BCUT2D eigenvalue weighted by molar-refractivity contribution is 6.74. The van der Waals surface area contributed by atoms with Gasteiger partial charge in [0.05, 0.1) is 19.3 Å². The van der Waals surface area contributed by atoms with E-state index in [-0.39, 0.29) is 17.6 Å². The Morgan fingerprint density at radius 3 is 2.44 bits per heavy atom. The summed E-state index contributed by atoms with van der Waals surface area (Å²) in [6.45, 7) is 12.9. The summed E-state index contributed by atoms with van der Waals surface area (Å²) in [5, 5.41) is 13.1. The Labute approximate surface area is 163 Å². The van der Waals surface area contributed by atoms with Gasteiger partial charge in [-0.05, 0) is 23.7 Å². The lowest BCUT2D eigenvalue weighted by molar-refractivity contribution is -0.129. The SMILES string of the molecule is CC(=O)NC1C(O)O[C@H](COCc2ccccc2)[C@@H]1O[Si](C)(C)C(C)(C)C. The maximum absolute atomic E-state index is 11.6. The standard InChI is InChI=1S/C20H33NO5Si/c1-14(22)21-17-18(26-27(5,6)20(2,3)4)16(25-19(17)23)13-24-12-15-10-8-7-9-11-15/h7-11,16-19,23H,12-13H2,1-6H3,(H,21,22)/t16-,17?,18+,19?/m1/s1. The molecule has 0 aliphatic carbocycles. The van der Waals surface area contributed by atoms with E-state index in [0.717, 1.165) is 5.56 Å². The van der Waals surface area contributed by atoms with E-state index in [1.165, 1.54) is 6.92 Å². The van der Waals surface area contributed by atoms with Gasteiger partial charge >= 0.3 is 0 Å². The van der Waals surface area contributed by atoms with Crippen molar-refractivity contribution >= 4 is 14.2 Å². The number of aliphatic hydroxyl groups excluding tert-OH is 1. The van der Waals surface area contributed by atoms with Gasteiger partial charge in [-0.15, -0.1) is 0 Å². The van der Waals surface area contributed by atoms with Crippen molar-refractivity contribution in [2.45, 2.75) is 77.0 Å². The summed E-state index contributed by atoms with van der Waals surface area (Å²) >= 11 is 0. The van der Waals surface area contributed by atoms with Crippen LogP contribution in [-0.4, -0.2) is 50.5 Å². The van der Waals surface area contributed by atoms with Crippen molar-refractivity contribution in [2.75, 3.05) is 6.61 Å². The number of carbonyl (C=O) groups excluding carboxylic acids is 1. The van der Waals surface area contributed by atoms with Crippen LogP contribution in [0.25, 0.3) is 0 Å². The second-order valence-electron chi connectivity index (χ2n) is 8.63. The van der Waals surface area contributed by atoms with E-state index in [1.54, 1.807) is 0 Å². The van der Waals surface area contributed by atoms with Crippen LogP contribution < -0.4 is 5.32 Å². The molecule has 1 aliphatic heterocycles. The predicted molar refractivity (Wildman–Crippen MR) is 107 cm³/mol. The zero-order valence-corrected chi connectivity index (χ0v) is 18.2. The molecule has 1 amide bonds. The van der Waals surface area contributed by atoms with Gasteiger partial charge < -0.3 is 24.3 Å². The Bertz CT molecular complexity index is 617. The van der Waals surface area contributed by atoms with Crippen molar-refractivity contribution < 1.29 is 23.8 Å². The zero-order chi connectivity index (χ0) is 20.2. The molecule has 4 atom stereocenters. The third kappa shape index (κ3) is 5.86. The van der Waals surface area contributed by atoms with Gasteiger partial charge in [0.25, 0.3) is 0 Å². The zero-order valence-electron chi connectivity index (χ0n) is 17.2. The number of nitrogens with one attached hydrogen (secondary N) is 1. The van der Waals surface area contributed by atoms with Crippen LogP contribution >= 0.6 is 0 Å². The van der Waals surface area contributed by atoms with Crippen molar-refractivity contribution in [3.8, 4) is 0 Å². The average molecular weight is 396 g/mol. The third-order valence-electron chi connectivity index (χ3n) is 5.34. The number of hydrogen-bond acceptors (Lipinski definition) is 5. The van der Waals surface area contributed by atoms with Gasteiger partial charge in [0, 0.05) is 6.92 Å². The molecule has 2 rings (SSSR count). The monoisotopic (exact) mass is 395 g/mol. The minimum Gasteiger partial charge on any atom is -0.409 e. The summed E-state index contributed by atoms with van der Waals surface area (Å²) in [4.78, 5) is 11.6. The Balaban J connectivity index is 2.09. The second-order valence-corrected chi connectivity index (χ2v) is 13.4. The highest BCUT2D eigenvalue weighted by Crippen LogP contribution is 2.39. The van der Waals surface area contributed by atoms with E-state index in [4.69, 9.17) is 13.9 Å². The number of rotatable bonds is 7. The normalized spacial score (nSPS) is 26.2. The van der Waals surface area contributed by atoms with E-state index in [1.807, 2.05) is 30.3 Å².